The molecular formula is C13H18ClN3O. The molecule has 1 amide bonds. The van der Waals surface area contributed by atoms with Gasteiger partial charge in [0.2, 0.25) is 5.91 Å². The van der Waals surface area contributed by atoms with Gasteiger partial charge in [-0.25, -0.2) is 4.98 Å². The Balaban J connectivity index is 2.12. The maximum atomic E-state index is 12.0. The third-order valence-corrected chi connectivity index (χ3v) is 3.72. The van der Waals surface area contributed by atoms with Gasteiger partial charge >= 0.3 is 0 Å². The van der Waals surface area contributed by atoms with Crippen molar-refractivity contribution in [2.24, 2.45) is 5.92 Å². The number of likely N-dealkylation sites (tertiary alicyclic amines) is 1. The third-order valence-electron chi connectivity index (χ3n) is 3.38. The van der Waals surface area contributed by atoms with Gasteiger partial charge in [-0.05, 0) is 30.9 Å². The molecule has 0 aliphatic carbocycles. The number of carbonyl (C=O) groups excluding carboxylic acids is 1. The van der Waals surface area contributed by atoms with Crippen LogP contribution in [0.1, 0.15) is 31.9 Å². The average Bonchev–Trinajstić information content (AvgIpc) is 2.49. The van der Waals surface area contributed by atoms with Gasteiger partial charge in [0.05, 0.1) is 17.3 Å². The maximum absolute atomic E-state index is 12.0. The Morgan fingerprint density at radius 2 is 2.28 bits per heavy atom. The van der Waals surface area contributed by atoms with E-state index in [2.05, 4.69) is 11.9 Å². The van der Waals surface area contributed by atoms with Crippen LogP contribution in [0.2, 0.25) is 5.02 Å². The van der Waals surface area contributed by atoms with E-state index in [-0.39, 0.29) is 5.91 Å². The number of nitrogens with two attached hydrogens (primary N) is 1. The second-order valence-corrected chi connectivity index (χ2v) is 5.32. The van der Waals surface area contributed by atoms with Gasteiger partial charge in [0.15, 0.2) is 0 Å². The molecule has 1 aliphatic rings. The van der Waals surface area contributed by atoms with Crippen LogP contribution in [-0.4, -0.2) is 22.3 Å². The van der Waals surface area contributed by atoms with Crippen LogP contribution in [0.4, 0.5) is 5.82 Å². The van der Waals surface area contributed by atoms with Crippen LogP contribution in [0, 0.1) is 5.92 Å². The molecule has 5 heteroatoms. The monoisotopic (exact) mass is 267 g/mol. The van der Waals surface area contributed by atoms with E-state index in [1.54, 1.807) is 12.1 Å². The van der Waals surface area contributed by atoms with Gasteiger partial charge in [0.1, 0.15) is 5.82 Å². The van der Waals surface area contributed by atoms with Gasteiger partial charge in [-0.1, -0.05) is 18.5 Å². The average molecular weight is 268 g/mol. The van der Waals surface area contributed by atoms with Crippen molar-refractivity contribution in [2.75, 3.05) is 12.3 Å². The Labute approximate surface area is 112 Å². The van der Waals surface area contributed by atoms with Crippen molar-refractivity contribution >= 4 is 23.3 Å². The van der Waals surface area contributed by atoms with Crippen molar-refractivity contribution < 1.29 is 4.79 Å². The van der Waals surface area contributed by atoms with E-state index in [4.69, 9.17) is 17.3 Å². The van der Waals surface area contributed by atoms with E-state index >= 15 is 0 Å². The fourth-order valence-corrected chi connectivity index (χ4v) is 2.30. The summed E-state index contributed by atoms with van der Waals surface area (Å²) >= 11 is 6.08. The number of hydrogen-bond donors (Lipinski definition) is 1. The SMILES string of the molecule is CC1CCC(=O)N(Cc2nc(N)ccc2Cl)CC1. The van der Waals surface area contributed by atoms with Crippen LogP contribution in [-0.2, 0) is 11.3 Å². The fourth-order valence-electron chi connectivity index (χ4n) is 2.13. The summed E-state index contributed by atoms with van der Waals surface area (Å²) in [6, 6.07) is 3.39. The summed E-state index contributed by atoms with van der Waals surface area (Å²) in [5.74, 6) is 1.22. The third kappa shape index (κ3) is 3.13. The zero-order valence-corrected chi connectivity index (χ0v) is 11.3. The minimum Gasteiger partial charge on any atom is -0.384 e. The summed E-state index contributed by atoms with van der Waals surface area (Å²) in [5.41, 5.74) is 6.33. The molecule has 0 saturated carbocycles. The van der Waals surface area contributed by atoms with Crippen LogP contribution in [0.15, 0.2) is 12.1 Å². The molecule has 1 aromatic heterocycles. The Kier molecular flexibility index (Phi) is 4.07. The smallest absolute Gasteiger partial charge is 0.222 e. The lowest BCUT2D eigenvalue weighted by atomic mass is 10.0. The number of anilines is 1. The zero-order valence-electron chi connectivity index (χ0n) is 10.5. The second-order valence-electron chi connectivity index (χ2n) is 4.91. The molecule has 0 aromatic carbocycles. The quantitative estimate of drug-likeness (QED) is 0.895. The number of aromatic nitrogens is 1. The number of nitrogen functional groups attached to an aromatic ring is 1. The number of rotatable bonds is 2. The summed E-state index contributed by atoms with van der Waals surface area (Å²) in [6.07, 6.45) is 2.61. The molecule has 1 saturated heterocycles. The predicted molar refractivity (Wildman–Crippen MR) is 72.1 cm³/mol. The highest BCUT2D eigenvalue weighted by Crippen LogP contribution is 2.22. The lowest BCUT2D eigenvalue weighted by Gasteiger charge is -2.20. The van der Waals surface area contributed by atoms with Crippen molar-refractivity contribution in [1.82, 2.24) is 9.88 Å². The van der Waals surface area contributed by atoms with Gasteiger partial charge < -0.3 is 10.6 Å². The Morgan fingerprint density at radius 3 is 3.06 bits per heavy atom. The number of carbonyl (C=O) groups is 1. The van der Waals surface area contributed by atoms with Gasteiger partial charge in [0, 0.05) is 13.0 Å². The lowest BCUT2D eigenvalue weighted by Crippen LogP contribution is -2.30. The molecule has 1 aromatic rings. The molecule has 4 nitrogen and oxygen atoms in total. The number of halogens is 1. The van der Waals surface area contributed by atoms with Gasteiger partial charge in [-0.2, -0.15) is 0 Å². The van der Waals surface area contributed by atoms with E-state index in [1.165, 1.54) is 0 Å². The first-order chi connectivity index (χ1) is 8.56. The van der Waals surface area contributed by atoms with Gasteiger partial charge in [-0.15, -0.1) is 0 Å². The molecule has 0 spiro atoms. The minimum absolute atomic E-state index is 0.180. The number of amides is 1. The van der Waals surface area contributed by atoms with E-state index in [0.717, 1.165) is 19.4 Å². The molecule has 2 heterocycles. The topological polar surface area (TPSA) is 59.2 Å². The molecule has 1 atom stereocenters. The summed E-state index contributed by atoms with van der Waals surface area (Å²) < 4.78 is 0. The molecule has 0 bridgehead atoms. The molecule has 1 unspecified atom stereocenters. The molecule has 1 aliphatic heterocycles. The Hall–Kier alpha value is -1.29. The fraction of sp³-hybridized carbons (Fsp3) is 0.538. The maximum Gasteiger partial charge on any atom is 0.222 e. The molecule has 0 radical (unpaired) electrons. The first kappa shape index (κ1) is 13.1. The van der Waals surface area contributed by atoms with Crippen molar-refractivity contribution in [3.63, 3.8) is 0 Å². The number of pyridine rings is 1. The minimum atomic E-state index is 0.180. The first-order valence-corrected chi connectivity index (χ1v) is 6.62. The van der Waals surface area contributed by atoms with Crippen LogP contribution < -0.4 is 5.73 Å². The van der Waals surface area contributed by atoms with Crippen LogP contribution in [0.5, 0.6) is 0 Å². The van der Waals surface area contributed by atoms with Crippen LogP contribution in [0.3, 0.4) is 0 Å². The Morgan fingerprint density at radius 1 is 1.50 bits per heavy atom. The molecular weight excluding hydrogens is 250 g/mol. The van der Waals surface area contributed by atoms with Crippen molar-refractivity contribution in [1.29, 1.82) is 0 Å². The summed E-state index contributed by atoms with van der Waals surface area (Å²) in [6.45, 7) is 3.41. The highest BCUT2D eigenvalue weighted by molar-refractivity contribution is 6.31. The Bertz CT molecular complexity index is 450. The molecule has 18 heavy (non-hydrogen) atoms. The van der Waals surface area contributed by atoms with Crippen LogP contribution >= 0.6 is 11.6 Å². The summed E-state index contributed by atoms with van der Waals surface area (Å²) in [4.78, 5) is 18.0. The molecule has 2 N–H and O–H groups in total. The van der Waals surface area contributed by atoms with Crippen molar-refractivity contribution in [3.8, 4) is 0 Å². The molecule has 1 fully saturated rings. The molecule has 2 rings (SSSR count). The highest BCUT2D eigenvalue weighted by Gasteiger charge is 2.21. The normalized spacial score (nSPS) is 20.9. The van der Waals surface area contributed by atoms with E-state index in [1.807, 2.05) is 4.90 Å². The van der Waals surface area contributed by atoms with Gasteiger partial charge in [0.25, 0.3) is 0 Å². The highest BCUT2D eigenvalue weighted by atomic mass is 35.5. The van der Waals surface area contributed by atoms with E-state index < -0.39 is 0 Å². The van der Waals surface area contributed by atoms with Gasteiger partial charge in [-0.3, -0.25) is 4.79 Å². The van der Waals surface area contributed by atoms with E-state index in [0.29, 0.717) is 35.4 Å². The summed E-state index contributed by atoms with van der Waals surface area (Å²) in [7, 11) is 0. The predicted octanol–water partition coefficient (Wildman–Crippen LogP) is 2.47. The van der Waals surface area contributed by atoms with Crippen molar-refractivity contribution in [3.05, 3.63) is 22.8 Å². The van der Waals surface area contributed by atoms with Crippen molar-refractivity contribution in [2.45, 2.75) is 32.7 Å². The first-order valence-electron chi connectivity index (χ1n) is 6.25. The number of nitrogens with zero attached hydrogens (tertiary/aromatic N) is 2. The summed E-state index contributed by atoms with van der Waals surface area (Å²) in [5, 5.41) is 0.564. The second kappa shape index (κ2) is 5.57. The van der Waals surface area contributed by atoms with E-state index in [9.17, 15) is 4.79 Å². The molecule has 98 valence electrons. The number of hydrogen-bond acceptors (Lipinski definition) is 3. The largest absolute Gasteiger partial charge is 0.384 e. The zero-order chi connectivity index (χ0) is 13.1. The standard InChI is InChI=1S/C13H18ClN3O/c1-9-2-5-13(18)17(7-6-9)8-11-10(14)3-4-12(15)16-11/h3-4,9H,2,5-8H2,1H3,(H2,15,16). The lowest BCUT2D eigenvalue weighted by molar-refractivity contribution is -0.131. The van der Waals surface area contributed by atoms with Crippen LogP contribution in [0.25, 0.3) is 0 Å².